The summed E-state index contributed by atoms with van der Waals surface area (Å²) < 4.78 is 5.56. The summed E-state index contributed by atoms with van der Waals surface area (Å²) in [5.74, 6) is 0.657. The van der Waals surface area contributed by atoms with E-state index >= 15 is 0 Å². The number of carbonyl (C=O) groups is 1. The van der Waals surface area contributed by atoms with E-state index in [0.29, 0.717) is 18.1 Å². The molecular formula is C18H27N5O2. The summed E-state index contributed by atoms with van der Waals surface area (Å²) in [6.45, 7) is 4.92. The molecule has 3 heterocycles. The fourth-order valence-corrected chi connectivity index (χ4v) is 4.56. The minimum absolute atomic E-state index is 0.0795. The highest BCUT2D eigenvalue weighted by atomic mass is 16.5. The largest absolute Gasteiger partial charge is 0.379 e. The minimum atomic E-state index is 0.0795. The summed E-state index contributed by atoms with van der Waals surface area (Å²) in [5, 5.41) is 2.95. The highest BCUT2D eigenvalue weighted by Gasteiger charge is 2.43. The Balaban J connectivity index is 1.55. The van der Waals surface area contributed by atoms with Crippen LogP contribution in [0.1, 0.15) is 48.2 Å². The maximum absolute atomic E-state index is 12.9. The van der Waals surface area contributed by atoms with Gasteiger partial charge >= 0.3 is 0 Å². The van der Waals surface area contributed by atoms with Crippen LogP contribution in [0.4, 0.5) is 5.95 Å². The molecule has 2 fully saturated rings. The molecule has 1 amide bonds. The van der Waals surface area contributed by atoms with Crippen LogP contribution >= 0.6 is 0 Å². The third kappa shape index (κ3) is 3.11. The van der Waals surface area contributed by atoms with E-state index in [9.17, 15) is 4.79 Å². The molecule has 0 atom stereocenters. The van der Waals surface area contributed by atoms with E-state index < -0.39 is 0 Å². The van der Waals surface area contributed by atoms with Gasteiger partial charge in [-0.15, -0.1) is 0 Å². The molecule has 7 heteroatoms. The number of morpholine rings is 1. The van der Waals surface area contributed by atoms with E-state index in [1.54, 1.807) is 13.2 Å². The highest BCUT2D eigenvalue weighted by molar-refractivity contribution is 5.97. The van der Waals surface area contributed by atoms with Gasteiger partial charge in [0.2, 0.25) is 5.95 Å². The normalized spacial score (nSPS) is 23.6. The van der Waals surface area contributed by atoms with Crippen LogP contribution in [0.5, 0.6) is 0 Å². The number of fused-ring (bicyclic) bond motifs is 1. The molecule has 1 aromatic rings. The molecule has 1 saturated heterocycles. The third-order valence-electron chi connectivity index (χ3n) is 5.90. The lowest BCUT2D eigenvalue weighted by Gasteiger charge is -2.49. The Morgan fingerprint density at radius 3 is 2.72 bits per heavy atom. The lowest BCUT2D eigenvalue weighted by Crippen LogP contribution is -2.59. The first-order valence-corrected chi connectivity index (χ1v) is 9.38. The minimum Gasteiger partial charge on any atom is -0.379 e. The van der Waals surface area contributed by atoms with Crippen molar-refractivity contribution in [2.45, 2.75) is 44.2 Å². The van der Waals surface area contributed by atoms with Crippen molar-refractivity contribution in [3.63, 3.8) is 0 Å². The summed E-state index contributed by atoms with van der Waals surface area (Å²) in [5.41, 5.74) is 1.60. The Morgan fingerprint density at radius 2 is 2.00 bits per heavy atom. The number of hydrogen-bond donors (Lipinski definition) is 1. The number of nitrogens with one attached hydrogen (secondary N) is 1. The molecular weight excluding hydrogens is 318 g/mol. The second kappa shape index (κ2) is 6.88. The van der Waals surface area contributed by atoms with Crippen LogP contribution in [0.25, 0.3) is 0 Å². The van der Waals surface area contributed by atoms with Gasteiger partial charge in [0.15, 0.2) is 0 Å². The van der Waals surface area contributed by atoms with Gasteiger partial charge in [-0.05, 0) is 12.8 Å². The van der Waals surface area contributed by atoms with Crippen LogP contribution in [-0.4, -0.2) is 71.1 Å². The second-order valence-corrected chi connectivity index (χ2v) is 7.35. The van der Waals surface area contributed by atoms with Crippen molar-refractivity contribution in [3.05, 3.63) is 17.5 Å². The molecule has 25 heavy (non-hydrogen) atoms. The highest BCUT2D eigenvalue weighted by Crippen LogP contribution is 2.36. The van der Waals surface area contributed by atoms with Crippen molar-refractivity contribution < 1.29 is 9.53 Å². The molecule has 0 radical (unpaired) electrons. The first kappa shape index (κ1) is 16.7. The van der Waals surface area contributed by atoms with Gasteiger partial charge in [0.05, 0.1) is 31.0 Å². The Kier molecular flexibility index (Phi) is 4.60. The van der Waals surface area contributed by atoms with Crippen LogP contribution in [0.2, 0.25) is 0 Å². The standard InChI is InChI=1S/C18H27N5O2/c1-19-17-20-11-14-15(21-17)12-22(16(14)24)13-18(5-3-2-4-6-18)23-7-9-25-10-8-23/h11H,2-10,12-13H2,1H3,(H,19,20,21). The molecule has 4 rings (SSSR count). The predicted molar refractivity (Wildman–Crippen MR) is 94.5 cm³/mol. The number of anilines is 1. The summed E-state index contributed by atoms with van der Waals surface area (Å²) in [6, 6.07) is 0. The summed E-state index contributed by atoms with van der Waals surface area (Å²) in [7, 11) is 1.80. The number of ether oxygens (including phenoxy) is 1. The topological polar surface area (TPSA) is 70.6 Å². The molecule has 1 N–H and O–H groups in total. The van der Waals surface area contributed by atoms with Gasteiger partial charge in [0, 0.05) is 38.4 Å². The van der Waals surface area contributed by atoms with E-state index in [4.69, 9.17) is 4.74 Å². The Labute approximate surface area is 148 Å². The predicted octanol–water partition coefficient (Wildman–Crippen LogP) is 1.51. The average Bonchev–Trinajstić information content (AvgIpc) is 2.98. The number of rotatable bonds is 4. The smallest absolute Gasteiger partial charge is 0.257 e. The lowest BCUT2D eigenvalue weighted by molar-refractivity contribution is -0.0480. The molecule has 2 aliphatic heterocycles. The van der Waals surface area contributed by atoms with Gasteiger partial charge in [-0.25, -0.2) is 9.97 Å². The fraction of sp³-hybridized carbons (Fsp3) is 0.722. The van der Waals surface area contributed by atoms with E-state index in [2.05, 4.69) is 20.2 Å². The van der Waals surface area contributed by atoms with Crippen molar-refractivity contribution in [3.8, 4) is 0 Å². The van der Waals surface area contributed by atoms with Crippen molar-refractivity contribution >= 4 is 11.9 Å². The van der Waals surface area contributed by atoms with Gasteiger partial charge in [-0.3, -0.25) is 9.69 Å². The maximum Gasteiger partial charge on any atom is 0.257 e. The van der Waals surface area contributed by atoms with Crippen molar-refractivity contribution in [2.75, 3.05) is 45.2 Å². The van der Waals surface area contributed by atoms with Crippen LogP contribution in [-0.2, 0) is 11.3 Å². The SMILES string of the molecule is CNc1ncc2c(n1)CN(CC1(N3CCOCC3)CCCCC1)C2=O. The van der Waals surface area contributed by atoms with E-state index in [1.807, 2.05) is 4.90 Å². The molecule has 3 aliphatic rings. The number of nitrogens with zero attached hydrogens (tertiary/aromatic N) is 4. The molecule has 7 nitrogen and oxygen atoms in total. The first-order chi connectivity index (χ1) is 12.2. The van der Waals surface area contributed by atoms with Crippen LogP contribution in [0.3, 0.4) is 0 Å². The molecule has 1 saturated carbocycles. The summed E-state index contributed by atoms with van der Waals surface area (Å²) >= 11 is 0. The quantitative estimate of drug-likeness (QED) is 0.892. The van der Waals surface area contributed by atoms with E-state index in [0.717, 1.165) is 38.5 Å². The molecule has 1 aliphatic carbocycles. The zero-order chi connectivity index (χ0) is 17.3. The Bertz CT molecular complexity index is 638. The van der Waals surface area contributed by atoms with Crippen molar-refractivity contribution in [1.82, 2.24) is 19.8 Å². The lowest BCUT2D eigenvalue weighted by atomic mass is 9.79. The monoisotopic (exact) mass is 345 g/mol. The number of hydrogen-bond acceptors (Lipinski definition) is 6. The van der Waals surface area contributed by atoms with Gasteiger partial charge in [0.25, 0.3) is 5.91 Å². The first-order valence-electron chi connectivity index (χ1n) is 9.38. The second-order valence-electron chi connectivity index (χ2n) is 7.35. The van der Waals surface area contributed by atoms with E-state index in [1.165, 1.54) is 32.1 Å². The fourth-order valence-electron chi connectivity index (χ4n) is 4.56. The number of carbonyl (C=O) groups excluding carboxylic acids is 1. The maximum atomic E-state index is 12.9. The molecule has 0 aromatic carbocycles. The van der Waals surface area contributed by atoms with Gasteiger partial charge in [-0.1, -0.05) is 19.3 Å². The van der Waals surface area contributed by atoms with Gasteiger partial charge < -0.3 is 15.0 Å². The van der Waals surface area contributed by atoms with E-state index in [-0.39, 0.29) is 11.4 Å². The average molecular weight is 345 g/mol. The number of amides is 1. The van der Waals surface area contributed by atoms with Crippen LogP contribution in [0, 0.1) is 0 Å². The van der Waals surface area contributed by atoms with Crippen LogP contribution < -0.4 is 5.32 Å². The molecule has 0 unspecified atom stereocenters. The molecule has 136 valence electrons. The third-order valence-corrected chi connectivity index (χ3v) is 5.90. The van der Waals surface area contributed by atoms with Crippen LogP contribution in [0.15, 0.2) is 6.20 Å². The molecule has 1 aromatic heterocycles. The number of aromatic nitrogens is 2. The van der Waals surface area contributed by atoms with Gasteiger partial charge in [-0.2, -0.15) is 0 Å². The summed E-state index contributed by atoms with van der Waals surface area (Å²) in [4.78, 5) is 26.1. The summed E-state index contributed by atoms with van der Waals surface area (Å²) in [6.07, 6.45) is 7.79. The Hall–Kier alpha value is -1.73. The van der Waals surface area contributed by atoms with Gasteiger partial charge in [0.1, 0.15) is 0 Å². The zero-order valence-corrected chi connectivity index (χ0v) is 15.0. The van der Waals surface area contributed by atoms with Crippen molar-refractivity contribution in [1.29, 1.82) is 0 Å². The van der Waals surface area contributed by atoms with Crippen molar-refractivity contribution in [2.24, 2.45) is 0 Å². The molecule has 0 spiro atoms. The molecule has 0 bridgehead atoms. The Morgan fingerprint density at radius 1 is 1.24 bits per heavy atom. The zero-order valence-electron chi connectivity index (χ0n) is 15.0.